The Morgan fingerprint density at radius 2 is 2.09 bits per heavy atom. The summed E-state index contributed by atoms with van der Waals surface area (Å²) >= 11 is 0. The van der Waals surface area contributed by atoms with Crippen molar-refractivity contribution in [3.8, 4) is 5.75 Å². The number of aromatic nitrogens is 2. The van der Waals surface area contributed by atoms with Crippen LogP contribution in [0.2, 0.25) is 0 Å². The first-order valence-electron chi connectivity index (χ1n) is 10.3. The number of likely N-dealkylation sites (tertiary alicyclic amines) is 1. The van der Waals surface area contributed by atoms with E-state index in [9.17, 15) is 14.7 Å². The third kappa shape index (κ3) is 4.20. The van der Waals surface area contributed by atoms with Gasteiger partial charge in [-0.2, -0.15) is 0 Å². The highest BCUT2D eigenvalue weighted by atomic mass is 16.5. The number of Topliss-reactive ketones (excluding diaryl/α,β-unsaturated/α-hetero) is 1. The van der Waals surface area contributed by atoms with Crippen molar-refractivity contribution >= 4 is 17.4 Å². The summed E-state index contributed by atoms with van der Waals surface area (Å²) in [6.07, 6.45) is 9.26. The average Bonchev–Trinajstić information content (AvgIpc) is 3.56. The molecular weight excluding hydrogens is 410 g/mol. The van der Waals surface area contributed by atoms with Crippen molar-refractivity contribution in [3.63, 3.8) is 0 Å². The van der Waals surface area contributed by atoms with Gasteiger partial charge in [0.25, 0.3) is 11.7 Å². The largest absolute Gasteiger partial charge is 0.507 e. The van der Waals surface area contributed by atoms with Crippen molar-refractivity contribution in [1.29, 1.82) is 0 Å². The highest BCUT2D eigenvalue weighted by Crippen LogP contribution is 2.39. The molecule has 0 bridgehead atoms. The van der Waals surface area contributed by atoms with Crippen LogP contribution in [0.4, 0.5) is 0 Å². The van der Waals surface area contributed by atoms with Gasteiger partial charge in [0, 0.05) is 18.5 Å². The number of ketones is 1. The summed E-state index contributed by atoms with van der Waals surface area (Å²) in [4.78, 5) is 30.2. The Labute approximate surface area is 185 Å². The number of carbonyl (C=O) groups excluding carboxylic acids is 2. The number of hydrogen-bond donors (Lipinski definition) is 2. The number of aliphatic hydroxyl groups excluding tert-OH is 1. The number of nitrogens with one attached hydrogen (secondary N) is 1. The minimum absolute atomic E-state index is 0.0130. The molecule has 0 saturated carbocycles. The number of furan rings is 1. The maximum Gasteiger partial charge on any atom is 0.295 e. The molecule has 2 aromatic heterocycles. The Hall–Kier alpha value is -4.07. The summed E-state index contributed by atoms with van der Waals surface area (Å²) < 4.78 is 13.0. The van der Waals surface area contributed by atoms with Gasteiger partial charge in [-0.15, -0.1) is 0 Å². The summed E-state index contributed by atoms with van der Waals surface area (Å²) in [7, 11) is 0. The highest BCUT2D eigenvalue weighted by molar-refractivity contribution is 6.46. The molecule has 164 valence electrons. The molecule has 0 radical (unpaired) electrons. The zero-order chi connectivity index (χ0) is 22.5. The number of nitrogens with zero attached hydrogens (tertiary/aromatic N) is 2. The van der Waals surface area contributed by atoms with Crippen LogP contribution < -0.4 is 9.30 Å². The van der Waals surface area contributed by atoms with E-state index in [0.29, 0.717) is 43.2 Å². The van der Waals surface area contributed by atoms with E-state index in [1.54, 1.807) is 42.5 Å². The Bertz CT molecular complexity index is 1120. The van der Waals surface area contributed by atoms with Gasteiger partial charge in [0.05, 0.1) is 18.4 Å². The number of rotatable bonds is 9. The SMILES string of the molecule is C=CCOc1ccc(C(O)=C2C(=O)C(=O)N(CCC[n+]3cc[nH]c3)C2c2ccco2)cc1. The number of benzene rings is 1. The first kappa shape index (κ1) is 21.2. The minimum atomic E-state index is -0.794. The van der Waals surface area contributed by atoms with Gasteiger partial charge in [-0.25, -0.2) is 4.57 Å². The van der Waals surface area contributed by atoms with E-state index in [-0.39, 0.29) is 11.3 Å². The van der Waals surface area contributed by atoms with Gasteiger partial charge in [-0.3, -0.25) is 14.6 Å². The number of aryl methyl sites for hydroxylation is 1. The van der Waals surface area contributed by atoms with Crippen LogP contribution in [0.5, 0.6) is 5.75 Å². The second-order valence-corrected chi connectivity index (χ2v) is 7.33. The first-order chi connectivity index (χ1) is 15.6. The number of hydrogen-bond acceptors (Lipinski definition) is 5. The third-order valence-electron chi connectivity index (χ3n) is 5.27. The van der Waals surface area contributed by atoms with E-state index >= 15 is 0 Å². The molecule has 1 aromatic carbocycles. The van der Waals surface area contributed by atoms with Crippen LogP contribution in [0.15, 0.2) is 84.0 Å². The van der Waals surface area contributed by atoms with Crippen molar-refractivity contribution in [2.24, 2.45) is 0 Å². The standard InChI is InChI=1S/C24H23N3O5/c1-2-14-31-18-8-6-17(7-9-18)22(28)20-21(19-5-3-15-32-19)27(24(30)23(20)29)12-4-11-26-13-10-25-16-26/h2-3,5-10,13,15-16,21H,1,4,11-12,14H2,(H,28,29)/p+1. The van der Waals surface area contributed by atoms with Gasteiger partial charge >= 0.3 is 0 Å². The lowest BCUT2D eigenvalue weighted by atomic mass is 9.99. The summed E-state index contributed by atoms with van der Waals surface area (Å²) in [5.41, 5.74) is 0.424. The van der Waals surface area contributed by atoms with Gasteiger partial charge in [-0.1, -0.05) is 12.7 Å². The fraction of sp³-hybridized carbons (Fsp3) is 0.208. The number of H-pyrrole nitrogens is 1. The van der Waals surface area contributed by atoms with Gasteiger partial charge in [-0.05, 0) is 36.4 Å². The quantitative estimate of drug-likeness (QED) is 0.177. The van der Waals surface area contributed by atoms with E-state index in [1.807, 2.05) is 23.3 Å². The van der Waals surface area contributed by atoms with Crippen LogP contribution in [0, 0.1) is 0 Å². The van der Waals surface area contributed by atoms with E-state index in [4.69, 9.17) is 9.15 Å². The van der Waals surface area contributed by atoms with E-state index in [1.165, 1.54) is 11.2 Å². The molecule has 3 heterocycles. The average molecular weight is 434 g/mol. The van der Waals surface area contributed by atoms with Crippen LogP contribution in [0.3, 0.4) is 0 Å². The number of carbonyl (C=O) groups is 2. The third-order valence-corrected chi connectivity index (χ3v) is 5.27. The second kappa shape index (κ2) is 9.38. The van der Waals surface area contributed by atoms with Crippen LogP contribution in [-0.2, 0) is 16.1 Å². The molecule has 1 aliphatic rings. The van der Waals surface area contributed by atoms with E-state index in [0.717, 1.165) is 0 Å². The summed E-state index contributed by atoms with van der Waals surface area (Å²) in [6, 6.07) is 9.25. The molecule has 32 heavy (non-hydrogen) atoms. The maximum absolute atomic E-state index is 12.9. The molecule has 1 saturated heterocycles. The normalized spacial score (nSPS) is 17.6. The fourth-order valence-corrected chi connectivity index (χ4v) is 3.76. The lowest BCUT2D eigenvalue weighted by Crippen LogP contribution is -2.35. The topological polar surface area (TPSA) is 99.6 Å². The van der Waals surface area contributed by atoms with Crippen molar-refractivity contribution in [1.82, 2.24) is 9.88 Å². The molecule has 1 unspecified atom stereocenters. The van der Waals surface area contributed by atoms with E-state index < -0.39 is 17.7 Å². The number of aliphatic hydroxyl groups is 1. The van der Waals surface area contributed by atoms with Gasteiger partial charge in [0.15, 0.2) is 0 Å². The predicted molar refractivity (Wildman–Crippen MR) is 115 cm³/mol. The van der Waals surface area contributed by atoms with Crippen molar-refractivity contribution in [2.75, 3.05) is 13.2 Å². The number of amides is 1. The zero-order valence-corrected chi connectivity index (χ0v) is 17.4. The molecule has 4 rings (SSSR count). The predicted octanol–water partition coefficient (Wildman–Crippen LogP) is 2.97. The lowest BCUT2D eigenvalue weighted by molar-refractivity contribution is -0.695. The number of ether oxygens (including phenoxy) is 1. The summed E-state index contributed by atoms with van der Waals surface area (Å²) in [5.74, 6) is -0.608. The molecule has 1 amide bonds. The van der Waals surface area contributed by atoms with Gasteiger partial charge in [0.1, 0.15) is 42.3 Å². The monoisotopic (exact) mass is 434 g/mol. The molecule has 8 nitrogen and oxygen atoms in total. The Balaban J connectivity index is 1.64. The van der Waals surface area contributed by atoms with Crippen LogP contribution in [-0.4, -0.2) is 39.8 Å². The number of aromatic amines is 1. The second-order valence-electron chi connectivity index (χ2n) is 7.33. The minimum Gasteiger partial charge on any atom is -0.507 e. The van der Waals surface area contributed by atoms with Crippen molar-refractivity contribution in [2.45, 2.75) is 19.0 Å². The molecule has 3 aromatic rings. The highest BCUT2D eigenvalue weighted by Gasteiger charge is 2.47. The number of imidazole rings is 1. The Morgan fingerprint density at radius 3 is 2.75 bits per heavy atom. The fourth-order valence-electron chi connectivity index (χ4n) is 3.76. The summed E-state index contributed by atoms with van der Waals surface area (Å²) in [6.45, 7) is 4.97. The Kier molecular flexibility index (Phi) is 6.21. The molecule has 0 aliphatic carbocycles. The zero-order valence-electron chi connectivity index (χ0n) is 17.4. The molecule has 1 fully saturated rings. The van der Waals surface area contributed by atoms with Crippen LogP contribution >= 0.6 is 0 Å². The summed E-state index contributed by atoms with van der Waals surface area (Å²) in [5, 5.41) is 11.0. The lowest BCUT2D eigenvalue weighted by Gasteiger charge is -2.22. The van der Waals surface area contributed by atoms with Gasteiger partial charge in [0.2, 0.25) is 6.33 Å². The molecule has 8 heteroatoms. The van der Waals surface area contributed by atoms with Crippen LogP contribution in [0.1, 0.15) is 23.8 Å². The molecule has 1 atom stereocenters. The van der Waals surface area contributed by atoms with E-state index in [2.05, 4.69) is 11.6 Å². The van der Waals surface area contributed by atoms with Crippen molar-refractivity contribution in [3.05, 3.63) is 90.9 Å². The van der Waals surface area contributed by atoms with Crippen molar-refractivity contribution < 1.29 is 28.4 Å². The maximum atomic E-state index is 12.9. The van der Waals surface area contributed by atoms with Gasteiger partial charge < -0.3 is 19.2 Å². The van der Waals surface area contributed by atoms with Crippen LogP contribution in [0.25, 0.3) is 5.76 Å². The molecule has 1 aliphatic heterocycles. The molecular formula is C24H24N3O5+. The molecule has 0 spiro atoms. The Morgan fingerprint density at radius 1 is 1.28 bits per heavy atom. The smallest absolute Gasteiger partial charge is 0.295 e. The molecule has 2 N–H and O–H groups in total. The first-order valence-corrected chi connectivity index (χ1v) is 10.3.